The molecule has 3 aromatic rings. The molecule has 28 heavy (non-hydrogen) atoms. The minimum Gasteiger partial charge on any atom is -0.324 e. The van der Waals surface area contributed by atoms with Gasteiger partial charge in [0.2, 0.25) is 5.91 Å². The van der Waals surface area contributed by atoms with Crippen LogP contribution in [0.5, 0.6) is 0 Å². The summed E-state index contributed by atoms with van der Waals surface area (Å²) in [5.41, 5.74) is 2.76. The van der Waals surface area contributed by atoms with Crippen molar-refractivity contribution in [3.8, 4) is 0 Å². The number of para-hydroxylation sites is 1. The van der Waals surface area contributed by atoms with Crippen molar-refractivity contribution < 1.29 is 9.59 Å². The van der Waals surface area contributed by atoms with E-state index >= 15 is 0 Å². The molecule has 0 bridgehead atoms. The second-order valence-electron chi connectivity index (χ2n) is 6.79. The number of carbonyl (C=O) groups excluding carboxylic acids is 2. The number of ketones is 1. The van der Waals surface area contributed by atoms with Crippen molar-refractivity contribution in [3.05, 3.63) is 102 Å². The minimum absolute atomic E-state index is 0.105. The molecule has 0 heterocycles. The molecule has 4 nitrogen and oxygen atoms in total. The third-order valence-corrected chi connectivity index (χ3v) is 4.82. The lowest BCUT2D eigenvalue weighted by Crippen LogP contribution is -2.32. The number of nitrogens with zero attached hydrogens (tertiary/aromatic N) is 1. The number of benzene rings is 3. The summed E-state index contributed by atoms with van der Waals surface area (Å²) in [7, 11) is 1.91. The van der Waals surface area contributed by atoms with E-state index in [1.165, 1.54) is 0 Å². The lowest BCUT2D eigenvalue weighted by Gasteiger charge is -2.24. The Kier molecular flexibility index (Phi) is 6.35. The van der Waals surface area contributed by atoms with Gasteiger partial charge in [0.15, 0.2) is 5.78 Å². The van der Waals surface area contributed by atoms with E-state index in [4.69, 9.17) is 0 Å². The Labute approximate surface area is 165 Å². The first-order chi connectivity index (χ1) is 13.6. The molecule has 1 atom stereocenters. The summed E-state index contributed by atoms with van der Waals surface area (Å²) in [6.45, 7) is 2.29. The van der Waals surface area contributed by atoms with Gasteiger partial charge in [0.05, 0.1) is 12.2 Å². The molecule has 142 valence electrons. The highest BCUT2D eigenvalue weighted by Crippen LogP contribution is 2.21. The van der Waals surface area contributed by atoms with E-state index in [1.807, 2.05) is 66.5 Å². The van der Waals surface area contributed by atoms with Crippen LogP contribution in [0.2, 0.25) is 0 Å². The quantitative estimate of drug-likeness (QED) is 0.619. The predicted octanol–water partition coefficient (Wildman–Crippen LogP) is 4.55. The number of rotatable bonds is 7. The minimum atomic E-state index is -0.154. The van der Waals surface area contributed by atoms with Gasteiger partial charge in [0.1, 0.15) is 0 Å². The SMILES string of the molecule is C[C@@H](c1ccccc1)N(C)CC(=O)Nc1ccccc1C(=O)c1ccccc1. The third-order valence-electron chi connectivity index (χ3n) is 4.82. The Balaban J connectivity index is 1.70. The summed E-state index contributed by atoms with van der Waals surface area (Å²) in [5, 5.41) is 2.90. The number of hydrogen-bond acceptors (Lipinski definition) is 3. The van der Waals surface area contributed by atoms with Crippen molar-refractivity contribution in [2.24, 2.45) is 0 Å². The standard InChI is InChI=1S/C24H24N2O2/c1-18(19-11-5-3-6-12-19)26(2)17-23(27)25-22-16-10-9-15-21(22)24(28)20-13-7-4-8-14-20/h3-16,18H,17H2,1-2H3,(H,25,27)/t18-/m0/s1. The number of hydrogen-bond donors (Lipinski definition) is 1. The Hall–Kier alpha value is -3.24. The predicted molar refractivity (Wildman–Crippen MR) is 112 cm³/mol. The number of amides is 1. The highest BCUT2D eigenvalue weighted by atomic mass is 16.2. The second-order valence-corrected chi connectivity index (χ2v) is 6.79. The van der Waals surface area contributed by atoms with Gasteiger partial charge in [-0.15, -0.1) is 0 Å². The smallest absolute Gasteiger partial charge is 0.238 e. The van der Waals surface area contributed by atoms with Gasteiger partial charge in [-0.2, -0.15) is 0 Å². The van der Waals surface area contributed by atoms with E-state index in [1.54, 1.807) is 30.3 Å². The molecule has 4 heteroatoms. The van der Waals surface area contributed by atoms with Crippen molar-refractivity contribution in [3.63, 3.8) is 0 Å². The van der Waals surface area contributed by atoms with Gasteiger partial charge < -0.3 is 5.32 Å². The molecule has 0 saturated carbocycles. The van der Waals surface area contributed by atoms with Crippen LogP contribution < -0.4 is 5.32 Å². The monoisotopic (exact) mass is 372 g/mol. The van der Waals surface area contributed by atoms with Crippen LogP contribution in [-0.2, 0) is 4.79 Å². The fourth-order valence-electron chi connectivity index (χ4n) is 3.07. The Morgan fingerprint density at radius 3 is 2.11 bits per heavy atom. The molecule has 1 amide bonds. The third kappa shape index (κ3) is 4.72. The van der Waals surface area contributed by atoms with Crippen LogP contribution in [-0.4, -0.2) is 30.2 Å². The molecular weight excluding hydrogens is 348 g/mol. The summed E-state index contributed by atoms with van der Waals surface area (Å²) >= 11 is 0. The maximum Gasteiger partial charge on any atom is 0.238 e. The molecule has 0 radical (unpaired) electrons. The van der Waals surface area contributed by atoms with E-state index in [0.717, 1.165) is 5.56 Å². The van der Waals surface area contributed by atoms with E-state index in [-0.39, 0.29) is 24.3 Å². The molecule has 0 aliphatic rings. The Bertz CT molecular complexity index is 939. The van der Waals surface area contributed by atoms with Gasteiger partial charge in [-0.3, -0.25) is 14.5 Å². The van der Waals surface area contributed by atoms with Crippen molar-refractivity contribution in [2.75, 3.05) is 18.9 Å². The van der Waals surface area contributed by atoms with Crippen molar-refractivity contribution >= 4 is 17.4 Å². The molecule has 0 fully saturated rings. The molecule has 0 spiro atoms. The van der Waals surface area contributed by atoms with E-state index in [2.05, 4.69) is 12.2 Å². The first kappa shape index (κ1) is 19.5. The summed E-state index contributed by atoms with van der Waals surface area (Å²) < 4.78 is 0. The number of carbonyl (C=O) groups is 2. The normalized spacial score (nSPS) is 11.8. The van der Waals surface area contributed by atoms with Gasteiger partial charge in [0.25, 0.3) is 0 Å². The van der Waals surface area contributed by atoms with Gasteiger partial charge in [-0.05, 0) is 31.7 Å². The maximum atomic E-state index is 12.8. The number of anilines is 1. The van der Waals surface area contributed by atoms with E-state index in [0.29, 0.717) is 16.8 Å². The van der Waals surface area contributed by atoms with Crippen molar-refractivity contribution in [2.45, 2.75) is 13.0 Å². The Morgan fingerprint density at radius 1 is 0.857 bits per heavy atom. The van der Waals surface area contributed by atoms with Crippen molar-refractivity contribution in [1.82, 2.24) is 4.90 Å². The Morgan fingerprint density at radius 2 is 1.43 bits per heavy atom. The van der Waals surface area contributed by atoms with E-state index in [9.17, 15) is 9.59 Å². The van der Waals surface area contributed by atoms with Gasteiger partial charge in [-0.1, -0.05) is 72.8 Å². The van der Waals surface area contributed by atoms with Crippen molar-refractivity contribution in [1.29, 1.82) is 0 Å². The second kappa shape index (κ2) is 9.11. The van der Waals surface area contributed by atoms with Crippen LogP contribution >= 0.6 is 0 Å². The van der Waals surface area contributed by atoms with Crippen LogP contribution in [0.4, 0.5) is 5.69 Å². The zero-order valence-corrected chi connectivity index (χ0v) is 16.1. The lowest BCUT2D eigenvalue weighted by molar-refractivity contribution is -0.117. The van der Waals surface area contributed by atoms with Gasteiger partial charge >= 0.3 is 0 Å². The first-order valence-corrected chi connectivity index (χ1v) is 9.30. The zero-order valence-electron chi connectivity index (χ0n) is 16.1. The molecule has 0 unspecified atom stereocenters. The van der Waals surface area contributed by atoms with E-state index < -0.39 is 0 Å². The summed E-state index contributed by atoms with van der Waals surface area (Å²) in [6, 6.07) is 26.3. The van der Waals surface area contributed by atoms with Crippen LogP contribution in [0.3, 0.4) is 0 Å². The summed E-state index contributed by atoms with van der Waals surface area (Å²) in [4.78, 5) is 27.4. The molecule has 0 saturated heterocycles. The summed E-state index contributed by atoms with van der Waals surface area (Å²) in [5.74, 6) is -0.263. The van der Waals surface area contributed by atoms with Crippen LogP contribution in [0.25, 0.3) is 0 Å². The van der Waals surface area contributed by atoms with Gasteiger partial charge in [-0.25, -0.2) is 0 Å². The molecule has 3 rings (SSSR count). The first-order valence-electron chi connectivity index (χ1n) is 9.30. The van der Waals surface area contributed by atoms with Gasteiger partial charge in [0, 0.05) is 17.2 Å². The topological polar surface area (TPSA) is 49.4 Å². The van der Waals surface area contributed by atoms with Crippen LogP contribution in [0.1, 0.15) is 34.5 Å². The van der Waals surface area contributed by atoms with Crippen LogP contribution in [0, 0.1) is 0 Å². The number of likely N-dealkylation sites (N-methyl/N-ethyl adjacent to an activating group) is 1. The molecule has 0 aliphatic carbocycles. The maximum absolute atomic E-state index is 12.8. The lowest BCUT2D eigenvalue weighted by atomic mass is 10.0. The summed E-state index contributed by atoms with van der Waals surface area (Å²) in [6.07, 6.45) is 0. The number of nitrogens with one attached hydrogen (secondary N) is 1. The molecular formula is C24H24N2O2. The fraction of sp³-hybridized carbons (Fsp3) is 0.167. The molecule has 0 aliphatic heterocycles. The molecule has 1 N–H and O–H groups in total. The average Bonchev–Trinajstić information content (AvgIpc) is 2.74. The molecule has 3 aromatic carbocycles. The highest BCUT2D eigenvalue weighted by Gasteiger charge is 2.18. The molecule has 0 aromatic heterocycles. The largest absolute Gasteiger partial charge is 0.324 e. The highest BCUT2D eigenvalue weighted by molar-refractivity contribution is 6.13. The van der Waals surface area contributed by atoms with Crippen LogP contribution in [0.15, 0.2) is 84.9 Å². The average molecular weight is 372 g/mol. The fourth-order valence-corrected chi connectivity index (χ4v) is 3.07. The zero-order chi connectivity index (χ0) is 19.9.